The quantitative estimate of drug-likeness (QED) is 0.771. The molecule has 0 fully saturated rings. The van der Waals surface area contributed by atoms with Crippen molar-refractivity contribution in [2.45, 2.75) is 18.7 Å². The molecule has 0 spiro atoms. The number of hydrogen-bond acceptors (Lipinski definition) is 5. The monoisotopic (exact) mass is 378 g/mol. The van der Waals surface area contributed by atoms with Gasteiger partial charge in [-0.15, -0.1) is 0 Å². The highest BCUT2D eigenvalue weighted by Crippen LogP contribution is 2.29. The fourth-order valence-electron chi connectivity index (χ4n) is 2.48. The molecule has 7 nitrogen and oxygen atoms in total. The molecule has 2 aromatic carbocycles. The predicted octanol–water partition coefficient (Wildman–Crippen LogP) is 2.24. The molecule has 2 N–H and O–H groups in total. The summed E-state index contributed by atoms with van der Waals surface area (Å²) in [5, 5.41) is 2.68. The number of nitrogens with one attached hydrogen (secondary N) is 2. The Balaban J connectivity index is 2.06. The van der Waals surface area contributed by atoms with Gasteiger partial charge >= 0.3 is 0 Å². The van der Waals surface area contributed by atoms with Gasteiger partial charge in [-0.05, 0) is 49.2 Å². The number of benzene rings is 2. The lowest BCUT2D eigenvalue weighted by Crippen LogP contribution is -2.33. The highest BCUT2D eigenvalue weighted by atomic mass is 32.2. The zero-order valence-electron chi connectivity index (χ0n) is 15.1. The molecule has 0 aliphatic carbocycles. The van der Waals surface area contributed by atoms with E-state index in [1.807, 2.05) is 32.0 Å². The number of amides is 1. The first-order valence-corrected chi connectivity index (χ1v) is 9.33. The van der Waals surface area contributed by atoms with E-state index in [0.29, 0.717) is 11.4 Å². The summed E-state index contributed by atoms with van der Waals surface area (Å²) >= 11 is 0. The van der Waals surface area contributed by atoms with Crippen LogP contribution in [0.15, 0.2) is 41.3 Å². The molecule has 26 heavy (non-hydrogen) atoms. The van der Waals surface area contributed by atoms with E-state index in [4.69, 9.17) is 9.47 Å². The first-order valence-electron chi connectivity index (χ1n) is 7.85. The molecular formula is C18H22N2O5S. The number of carbonyl (C=O) groups excluding carboxylic acids is 1. The van der Waals surface area contributed by atoms with Gasteiger partial charge < -0.3 is 14.8 Å². The molecule has 0 atom stereocenters. The molecule has 0 saturated heterocycles. The van der Waals surface area contributed by atoms with E-state index in [1.165, 1.54) is 32.4 Å². The normalized spacial score (nSPS) is 11.1. The van der Waals surface area contributed by atoms with Gasteiger partial charge in [-0.2, -0.15) is 0 Å². The van der Waals surface area contributed by atoms with Crippen LogP contribution in [0.3, 0.4) is 0 Å². The molecule has 0 aliphatic heterocycles. The van der Waals surface area contributed by atoms with Gasteiger partial charge in [0.1, 0.15) is 0 Å². The van der Waals surface area contributed by atoms with Crippen LogP contribution in [-0.2, 0) is 14.8 Å². The van der Waals surface area contributed by atoms with Crippen LogP contribution in [0.25, 0.3) is 0 Å². The summed E-state index contributed by atoms with van der Waals surface area (Å²) in [7, 11) is -0.992. The minimum atomic E-state index is -3.87. The highest BCUT2D eigenvalue weighted by Gasteiger charge is 2.18. The Labute approximate surface area is 153 Å². The fourth-order valence-corrected chi connectivity index (χ4v) is 3.48. The van der Waals surface area contributed by atoms with Crippen molar-refractivity contribution in [1.82, 2.24) is 4.72 Å². The number of hydrogen-bond donors (Lipinski definition) is 2. The van der Waals surface area contributed by atoms with Crippen LogP contribution in [-0.4, -0.2) is 35.1 Å². The van der Waals surface area contributed by atoms with E-state index >= 15 is 0 Å². The number of aryl methyl sites for hydroxylation is 2. The molecule has 0 unspecified atom stereocenters. The minimum Gasteiger partial charge on any atom is -0.493 e. The molecule has 0 aliphatic rings. The van der Waals surface area contributed by atoms with Gasteiger partial charge in [-0.3, -0.25) is 4.79 Å². The van der Waals surface area contributed by atoms with Crippen molar-refractivity contribution >= 4 is 21.6 Å². The summed E-state index contributed by atoms with van der Waals surface area (Å²) in [4.78, 5) is 12.0. The fraction of sp³-hybridized carbons (Fsp3) is 0.278. The van der Waals surface area contributed by atoms with Crippen molar-refractivity contribution < 1.29 is 22.7 Å². The molecule has 0 radical (unpaired) electrons. The van der Waals surface area contributed by atoms with Gasteiger partial charge in [0.25, 0.3) is 0 Å². The third-order valence-electron chi connectivity index (χ3n) is 3.59. The van der Waals surface area contributed by atoms with Crippen LogP contribution in [0.2, 0.25) is 0 Å². The van der Waals surface area contributed by atoms with E-state index in [-0.39, 0.29) is 17.2 Å². The molecule has 0 saturated carbocycles. The van der Waals surface area contributed by atoms with Crippen molar-refractivity contribution in [3.05, 3.63) is 47.5 Å². The Kier molecular flexibility index (Phi) is 6.23. The molecule has 8 heteroatoms. The summed E-state index contributed by atoms with van der Waals surface area (Å²) in [6.45, 7) is 3.45. The van der Waals surface area contributed by atoms with E-state index in [9.17, 15) is 13.2 Å². The van der Waals surface area contributed by atoms with Crippen LogP contribution in [0, 0.1) is 13.8 Å². The minimum absolute atomic E-state index is 0.0191. The molecule has 0 heterocycles. The van der Waals surface area contributed by atoms with Crippen molar-refractivity contribution in [2.75, 3.05) is 26.1 Å². The van der Waals surface area contributed by atoms with Crippen molar-refractivity contribution in [1.29, 1.82) is 0 Å². The van der Waals surface area contributed by atoms with Gasteiger partial charge in [0.15, 0.2) is 11.5 Å². The van der Waals surface area contributed by atoms with Crippen LogP contribution in [0.1, 0.15) is 11.1 Å². The van der Waals surface area contributed by atoms with Gasteiger partial charge in [-0.25, -0.2) is 13.1 Å². The average Bonchev–Trinajstić information content (AvgIpc) is 2.58. The van der Waals surface area contributed by atoms with Gasteiger partial charge in [0.05, 0.1) is 25.7 Å². The number of carbonyl (C=O) groups is 1. The summed E-state index contributed by atoms with van der Waals surface area (Å²) in [6.07, 6.45) is 0. The Morgan fingerprint density at radius 3 is 2.15 bits per heavy atom. The second-order valence-electron chi connectivity index (χ2n) is 5.77. The Morgan fingerprint density at radius 2 is 1.58 bits per heavy atom. The second kappa shape index (κ2) is 8.20. The molecule has 0 bridgehead atoms. The van der Waals surface area contributed by atoms with Crippen LogP contribution < -0.4 is 19.5 Å². The average molecular weight is 378 g/mol. The van der Waals surface area contributed by atoms with Gasteiger partial charge in [0, 0.05) is 11.8 Å². The SMILES string of the molecule is COc1ccc(S(=O)(=O)NCC(=O)Nc2cc(C)cc(C)c2)cc1OC. The van der Waals surface area contributed by atoms with Crippen molar-refractivity contribution in [3.63, 3.8) is 0 Å². The smallest absolute Gasteiger partial charge is 0.241 e. The maximum Gasteiger partial charge on any atom is 0.241 e. The Bertz CT molecular complexity index is 890. The highest BCUT2D eigenvalue weighted by molar-refractivity contribution is 7.89. The molecule has 2 rings (SSSR count). The van der Waals surface area contributed by atoms with Crippen molar-refractivity contribution in [3.8, 4) is 11.5 Å². The van der Waals surface area contributed by atoms with E-state index in [0.717, 1.165) is 11.1 Å². The molecular weight excluding hydrogens is 356 g/mol. The largest absolute Gasteiger partial charge is 0.493 e. The summed E-state index contributed by atoms with van der Waals surface area (Å²) in [5.41, 5.74) is 2.63. The second-order valence-corrected chi connectivity index (χ2v) is 7.53. The first-order chi connectivity index (χ1) is 12.2. The number of rotatable bonds is 7. The lowest BCUT2D eigenvalue weighted by Gasteiger charge is -2.11. The first kappa shape index (κ1) is 19.7. The zero-order chi connectivity index (χ0) is 19.3. The molecule has 0 aromatic heterocycles. The van der Waals surface area contributed by atoms with E-state index in [1.54, 1.807) is 0 Å². The summed E-state index contributed by atoms with van der Waals surface area (Å²) in [6, 6.07) is 9.81. The van der Waals surface area contributed by atoms with Crippen LogP contribution >= 0.6 is 0 Å². The molecule has 2 aromatic rings. The molecule has 1 amide bonds. The maximum atomic E-state index is 12.4. The van der Waals surface area contributed by atoms with Gasteiger partial charge in [-0.1, -0.05) is 6.07 Å². The van der Waals surface area contributed by atoms with E-state index in [2.05, 4.69) is 10.0 Å². The summed E-state index contributed by atoms with van der Waals surface area (Å²) in [5.74, 6) is 0.244. The standard InChI is InChI=1S/C18H22N2O5S/c1-12-7-13(2)9-14(8-12)20-18(21)11-19-26(22,23)15-5-6-16(24-3)17(10-15)25-4/h5-10,19H,11H2,1-4H3,(H,20,21). The van der Waals surface area contributed by atoms with E-state index < -0.39 is 15.9 Å². The maximum absolute atomic E-state index is 12.4. The lowest BCUT2D eigenvalue weighted by molar-refractivity contribution is -0.115. The Morgan fingerprint density at radius 1 is 0.962 bits per heavy atom. The van der Waals surface area contributed by atoms with Gasteiger partial charge in [0.2, 0.25) is 15.9 Å². The Hall–Kier alpha value is -2.58. The van der Waals surface area contributed by atoms with Crippen molar-refractivity contribution in [2.24, 2.45) is 0 Å². The number of methoxy groups -OCH3 is 2. The van der Waals surface area contributed by atoms with Crippen LogP contribution in [0.5, 0.6) is 11.5 Å². The zero-order valence-corrected chi connectivity index (χ0v) is 15.9. The predicted molar refractivity (Wildman–Crippen MR) is 99.3 cm³/mol. The summed E-state index contributed by atoms with van der Waals surface area (Å²) < 4.78 is 37.2. The number of sulfonamides is 1. The van der Waals surface area contributed by atoms with Crippen LogP contribution in [0.4, 0.5) is 5.69 Å². The third-order valence-corrected chi connectivity index (χ3v) is 4.99. The number of ether oxygens (including phenoxy) is 2. The molecule has 140 valence electrons. The lowest BCUT2D eigenvalue weighted by atomic mass is 10.1. The third kappa shape index (κ3) is 4.96. The number of anilines is 1. The topological polar surface area (TPSA) is 93.7 Å².